The Labute approximate surface area is 107 Å². The molecule has 0 aliphatic heterocycles. The van der Waals surface area contributed by atoms with Crippen LogP contribution in [0.3, 0.4) is 0 Å². The van der Waals surface area contributed by atoms with Gasteiger partial charge in [0, 0.05) is 0 Å². The Hall–Kier alpha value is -0.0313. The second-order valence-electron chi connectivity index (χ2n) is 3.22. The fraction of sp³-hybridized carbons (Fsp3) is 0.455. The molecule has 82 valence electrons. The third kappa shape index (κ3) is 4.55. The van der Waals surface area contributed by atoms with E-state index in [4.69, 9.17) is 0 Å². The second-order valence-corrected chi connectivity index (χ2v) is 6.15. The summed E-state index contributed by atoms with van der Waals surface area (Å²) in [4.78, 5) is 0.401. The summed E-state index contributed by atoms with van der Waals surface area (Å²) in [5.41, 5.74) is 3.03. The summed E-state index contributed by atoms with van der Waals surface area (Å²) >= 11 is 1.64. The van der Waals surface area contributed by atoms with Gasteiger partial charge in [-0.25, -0.2) is 0 Å². The van der Waals surface area contributed by atoms with Crippen molar-refractivity contribution >= 4 is 33.2 Å². The topological polar surface area (TPSA) is 34.1 Å². The third-order valence-corrected chi connectivity index (χ3v) is 2.99. The van der Waals surface area contributed by atoms with Gasteiger partial charge >= 0.3 is 33.9 Å². The zero-order valence-corrected chi connectivity index (χ0v) is 13.3. The van der Waals surface area contributed by atoms with Gasteiger partial charge in [-0.3, -0.25) is 0 Å². The third-order valence-electron chi connectivity index (χ3n) is 2.19. The molecule has 2 radical (unpaired) electrons. The van der Waals surface area contributed by atoms with E-state index in [1.807, 2.05) is 26.8 Å². The van der Waals surface area contributed by atoms with Gasteiger partial charge in [-0.1, -0.05) is 22.6 Å². The normalized spacial score (nSPS) is 9.67. The summed E-state index contributed by atoms with van der Waals surface area (Å²) in [6, 6.07) is 3.47. The van der Waals surface area contributed by atoms with Gasteiger partial charge in [-0.15, -0.1) is 0 Å². The monoisotopic (exact) mass is 332 g/mol. The van der Waals surface area contributed by atoms with Crippen LogP contribution in [0.15, 0.2) is 17.0 Å². The van der Waals surface area contributed by atoms with Crippen LogP contribution in [0.5, 0.6) is 0 Å². The number of hydrogen-bond acceptors (Lipinski definition) is 3. The Morgan fingerprint density at radius 3 is 2.00 bits per heavy atom. The van der Waals surface area contributed by atoms with E-state index in [1.165, 1.54) is 4.44 Å². The van der Waals surface area contributed by atoms with Crippen LogP contribution in [-0.2, 0) is 19.1 Å². The first-order chi connectivity index (χ1) is 6.95. The number of benzene rings is 1. The average Bonchev–Trinajstić information content (AvgIpc) is 2.15. The van der Waals surface area contributed by atoms with Crippen LogP contribution in [0.25, 0.3) is 0 Å². The maximum atomic E-state index is 10.7. The van der Waals surface area contributed by atoms with Crippen molar-refractivity contribution in [1.82, 2.24) is 0 Å². The Morgan fingerprint density at radius 1 is 1.13 bits per heavy atom. The summed E-state index contributed by atoms with van der Waals surface area (Å²) in [6.07, 6.45) is 0. The average molecular weight is 331 g/mol. The molecule has 0 fully saturated rings. The Morgan fingerprint density at radius 2 is 1.60 bits per heavy atom. The SMILES string of the molecule is C[CH2][Sn+].Cc1ccc([S-](=O)=O)c(C)c1C. The molecule has 0 atom stereocenters. The van der Waals surface area contributed by atoms with Gasteiger partial charge in [0.1, 0.15) is 0 Å². The molecule has 1 rings (SSSR count). The van der Waals surface area contributed by atoms with E-state index in [9.17, 15) is 8.42 Å². The van der Waals surface area contributed by atoms with E-state index in [0.29, 0.717) is 4.90 Å². The van der Waals surface area contributed by atoms with Crippen LogP contribution in [0.4, 0.5) is 0 Å². The minimum atomic E-state index is -2.11. The van der Waals surface area contributed by atoms with Crippen LogP contribution in [0.1, 0.15) is 23.6 Å². The van der Waals surface area contributed by atoms with Crippen LogP contribution in [0, 0.1) is 20.8 Å². The van der Waals surface area contributed by atoms with Crippen LogP contribution in [0.2, 0.25) is 4.44 Å². The van der Waals surface area contributed by atoms with Crippen molar-refractivity contribution in [3.63, 3.8) is 0 Å². The molecular weight excluding hydrogens is 315 g/mol. The first kappa shape index (κ1) is 15.0. The molecule has 1 aromatic rings. The van der Waals surface area contributed by atoms with E-state index < -0.39 is 10.7 Å². The maximum absolute atomic E-state index is 10.7. The zero-order chi connectivity index (χ0) is 12.0. The predicted molar refractivity (Wildman–Crippen MR) is 63.9 cm³/mol. The van der Waals surface area contributed by atoms with Gasteiger partial charge in [-0.2, -0.15) is 0 Å². The second kappa shape index (κ2) is 7.28. The molecule has 0 spiro atoms. The Balaban J connectivity index is 0.000000583. The van der Waals surface area contributed by atoms with Crippen molar-refractivity contribution in [2.45, 2.75) is 37.0 Å². The standard InChI is InChI=1S/C9H11O2S.C2H5.Sn/c1-6-4-5-9(12(10)11)8(3)7(6)2;1-2;/h4-5H,1-3H3;1H2,2H3;/q-1;;+1. The van der Waals surface area contributed by atoms with Gasteiger partial charge in [0.2, 0.25) is 0 Å². The largest absolute Gasteiger partial charge is 0.420 e. The van der Waals surface area contributed by atoms with E-state index in [-0.39, 0.29) is 0 Å². The van der Waals surface area contributed by atoms with Crippen molar-refractivity contribution in [1.29, 1.82) is 0 Å². The Kier molecular flexibility index (Phi) is 7.26. The summed E-state index contributed by atoms with van der Waals surface area (Å²) in [6.45, 7) is 7.90. The van der Waals surface area contributed by atoms with E-state index >= 15 is 0 Å². The molecule has 0 amide bonds. The van der Waals surface area contributed by atoms with Crippen molar-refractivity contribution in [2.75, 3.05) is 0 Å². The summed E-state index contributed by atoms with van der Waals surface area (Å²) in [5.74, 6) is 0. The van der Waals surface area contributed by atoms with Crippen LogP contribution >= 0.6 is 0 Å². The van der Waals surface area contributed by atoms with Crippen LogP contribution in [-0.4, -0.2) is 22.5 Å². The molecule has 0 saturated carbocycles. The fourth-order valence-corrected chi connectivity index (χ4v) is 1.69. The molecule has 0 aliphatic rings. The smallest absolute Gasteiger partial charge is 0.0393 e. The number of aryl methyl sites for hydroxylation is 1. The number of hydrogen-bond donors (Lipinski definition) is 0. The molecule has 0 aliphatic carbocycles. The van der Waals surface area contributed by atoms with Crippen LogP contribution < -0.4 is 0 Å². The Bertz CT molecular complexity index is 390. The van der Waals surface area contributed by atoms with Gasteiger partial charge in [0.25, 0.3) is 0 Å². The van der Waals surface area contributed by atoms with Gasteiger partial charge < -0.3 is 8.42 Å². The molecule has 0 heterocycles. The molecule has 4 heteroatoms. The summed E-state index contributed by atoms with van der Waals surface area (Å²) in [5, 5.41) is 0. The molecular formula is C11H16O2SSn. The van der Waals surface area contributed by atoms with Crippen molar-refractivity contribution in [3.8, 4) is 0 Å². The quantitative estimate of drug-likeness (QED) is 0.586. The minimum Gasteiger partial charge on any atom is -0.420 e. The van der Waals surface area contributed by atoms with Gasteiger partial charge in [-0.05, 0) is 42.6 Å². The predicted octanol–water partition coefficient (Wildman–Crippen LogP) is 2.87. The minimum absolute atomic E-state index is 0.401. The van der Waals surface area contributed by atoms with E-state index in [1.54, 1.807) is 28.6 Å². The fourth-order valence-electron chi connectivity index (χ4n) is 1.11. The first-order valence-electron chi connectivity index (χ1n) is 4.76. The molecule has 0 saturated heterocycles. The number of rotatable bonds is 1. The van der Waals surface area contributed by atoms with Crippen molar-refractivity contribution < 1.29 is 8.42 Å². The molecule has 0 bridgehead atoms. The molecule has 2 nitrogen and oxygen atoms in total. The zero-order valence-electron chi connectivity index (χ0n) is 9.59. The van der Waals surface area contributed by atoms with Crippen molar-refractivity contribution in [3.05, 3.63) is 28.8 Å². The maximum Gasteiger partial charge on any atom is -0.0393 e. The van der Waals surface area contributed by atoms with E-state index in [0.717, 1.165) is 16.7 Å². The summed E-state index contributed by atoms with van der Waals surface area (Å²) < 4.78 is 22.7. The van der Waals surface area contributed by atoms with Crippen molar-refractivity contribution in [2.24, 2.45) is 0 Å². The summed E-state index contributed by atoms with van der Waals surface area (Å²) in [7, 11) is -2.11. The molecule has 15 heavy (non-hydrogen) atoms. The molecule has 1 aromatic carbocycles. The van der Waals surface area contributed by atoms with E-state index in [2.05, 4.69) is 6.92 Å². The first-order valence-corrected chi connectivity index (χ1v) is 7.85. The van der Waals surface area contributed by atoms with Gasteiger partial charge in [0.05, 0.1) is 0 Å². The molecule has 0 unspecified atom stereocenters. The van der Waals surface area contributed by atoms with Gasteiger partial charge in [0.15, 0.2) is 0 Å². The molecule has 0 N–H and O–H groups in total. The molecule has 0 aromatic heterocycles.